The van der Waals surface area contributed by atoms with E-state index >= 15 is 0 Å². The van der Waals surface area contributed by atoms with Gasteiger partial charge in [0.05, 0.1) is 0 Å². The highest BCUT2D eigenvalue weighted by atomic mass is 32.2. The first-order valence-electron chi connectivity index (χ1n) is 7.79. The van der Waals surface area contributed by atoms with Crippen molar-refractivity contribution in [2.75, 3.05) is 6.54 Å². The van der Waals surface area contributed by atoms with Crippen LogP contribution in [0.4, 0.5) is 0 Å². The average Bonchev–Trinajstić information content (AvgIpc) is 2.86. The van der Waals surface area contributed by atoms with E-state index in [1.165, 1.54) is 0 Å². The molecule has 0 saturated heterocycles. The predicted octanol–water partition coefficient (Wildman–Crippen LogP) is 2.56. The maximum absolute atomic E-state index is 12.8. The first kappa shape index (κ1) is 18.2. The molecular formula is C15H29N3O2S. The quantitative estimate of drug-likeness (QED) is 0.712. The Bertz CT molecular complexity index is 514. The number of aromatic nitrogens is 1. The van der Waals surface area contributed by atoms with Gasteiger partial charge >= 0.3 is 0 Å². The molecule has 1 heterocycles. The maximum Gasteiger partial charge on any atom is 0.244 e. The summed E-state index contributed by atoms with van der Waals surface area (Å²) >= 11 is 0. The summed E-state index contributed by atoms with van der Waals surface area (Å²) in [6.45, 7) is 9.58. The van der Waals surface area contributed by atoms with Gasteiger partial charge in [0.1, 0.15) is 4.90 Å². The van der Waals surface area contributed by atoms with E-state index in [4.69, 9.17) is 5.73 Å². The molecule has 2 N–H and O–H groups in total. The van der Waals surface area contributed by atoms with E-state index < -0.39 is 10.0 Å². The van der Waals surface area contributed by atoms with Gasteiger partial charge in [-0.1, -0.05) is 19.8 Å². The molecular weight excluding hydrogens is 286 g/mol. The summed E-state index contributed by atoms with van der Waals surface area (Å²) in [4.78, 5) is 0.356. The number of sulfonamides is 1. The molecule has 0 aromatic carbocycles. The Hall–Kier alpha value is -0.850. The summed E-state index contributed by atoms with van der Waals surface area (Å²) in [6.07, 6.45) is 4.72. The lowest BCUT2D eigenvalue weighted by molar-refractivity contribution is 0.345. The number of aryl methyl sites for hydroxylation is 1. The van der Waals surface area contributed by atoms with Crippen LogP contribution in [0.25, 0.3) is 0 Å². The summed E-state index contributed by atoms with van der Waals surface area (Å²) < 4.78 is 29.2. The molecule has 122 valence electrons. The fourth-order valence-corrected chi connectivity index (χ4v) is 4.18. The van der Waals surface area contributed by atoms with Crippen molar-refractivity contribution in [2.24, 2.45) is 5.73 Å². The van der Waals surface area contributed by atoms with Crippen LogP contribution in [0.5, 0.6) is 0 Å². The highest BCUT2D eigenvalue weighted by Crippen LogP contribution is 2.21. The summed E-state index contributed by atoms with van der Waals surface area (Å²) in [7, 11) is -3.45. The number of nitrogens with two attached hydrogens (primary N) is 1. The second-order valence-electron chi connectivity index (χ2n) is 5.57. The lowest BCUT2D eigenvalue weighted by Crippen LogP contribution is -2.37. The van der Waals surface area contributed by atoms with Crippen molar-refractivity contribution < 1.29 is 8.42 Å². The number of hydrogen-bond acceptors (Lipinski definition) is 3. The summed E-state index contributed by atoms with van der Waals surface area (Å²) in [6, 6.07) is 1.66. The van der Waals surface area contributed by atoms with Crippen molar-refractivity contribution in [3.8, 4) is 0 Å². The lowest BCUT2D eigenvalue weighted by Gasteiger charge is -2.25. The third kappa shape index (κ3) is 4.31. The van der Waals surface area contributed by atoms with Crippen LogP contribution >= 0.6 is 0 Å². The minimum Gasteiger partial charge on any atom is -0.349 e. The first-order chi connectivity index (χ1) is 9.88. The smallest absolute Gasteiger partial charge is 0.244 e. The monoisotopic (exact) mass is 315 g/mol. The van der Waals surface area contributed by atoms with Gasteiger partial charge in [-0.3, -0.25) is 0 Å². The van der Waals surface area contributed by atoms with E-state index in [0.717, 1.165) is 31.5 Å². The average molecular weight is 315 g/mol. The third-order valence-corrected chi connectivity index (χ3v) is 5.72. The summed E-state index contributed by atoms with van der Waals surface area (Å²) in [5, 5.41) is 0. The van der Waals surface area contributed by atoms with Crippen LogP contribution in [-0.4, -0.2) is 29.9 Å². The Morgan fingerprint density at radius 3 is 2.38 bits per heavy atom. The van der Waals surface area contributed by atoms with Crippen molar-refractivity contribution >= 4 is 10.0 Å². The van der Waals surface area contributed by atoms with Gasteiger partial charge in [0.2, 0.25) is 10.0 Å². The van der Waals surface area contributed by atoms with Crippen LogP contribution in [0.3, 0.4) is 0 Å². The van der Waals surface area contributed by atoms with E-state index in [1.54, 1.807) is 16.6 Å². The van der Waals surface area contributed by atoms with E-state index in [1.807, 2.05) is 25.3 Å². The molecule has 0 bridgehead atoms. The first-order valence-corrected chi connectivity index (χ1v) is 9.23. The van der Waals surface area contributed by atoms with Crippen molar-refractivity contribution in [1.29, 1.82) is 0 Å². The van der Waals surface area contributed by atoms with Gasteiger partial charge in [0.15, 0.2) is 0 Å². The zero-order valence-electron chi connectivity index (χ0n) is 13.7. The normalized spacial score (nSPS) is 12.5. The minimum atomic E-state index is -3.45. The molecule has 6 heteroatoms. The zero-order chi connectivity index (χ0) is 16.0. The summed E-state index contributed by atoms with van der Waals surface area (Å²) in [5.41, 5.74) is 6.54. The Labute approximate surface area is 129 Å². The molecule has 1 aromatic heterocycles. The van der Waals surface area contributed by atoms with Crippen molar-refractivity contribution in [2.45, 2.75) is 71.0 Å². The van der Waals surface area contributed by atoms with E-state index in [9.17, 15) is 8.42 Å². The largest absolute Gasteiger partial charge is 0.349 e. The molecule has 0 unspecified atom stereocenters. The molecule has 0 amide bonds. The van der Waals surface area contributed by atoms with Crippen LogP contribution < -0.4 is 5.73 Å². The van der Waals surface area contributed by atoms with Crippen LogP contribution in [0.2, 0.25) is 0 Å². The molecule has 0 aliphatic rings. The van der Waals surface area contributed by atoms with Gasteiger partial charge in [-0.2, -0.15) is 4.31 Å². The molecule has 0 radical (unpaired) electrons. The van der Waals surface area contributed by atoms with Crippen LogP contribution in [0.15, 0.2) is 17.2 Å². The van der Waals surface area contributed by atoms with Gasteiger partial charge in [0.25, 0.3) is 0 Å². The van der Waals surface area contributed by atoms with E-state index in [0.29, 0.717) is 18.0 Å². The highest BCUT2D eigenvalue weighted by molar-refractivity contribution is 7.89. The Morgan fingerprint density at radius 1 is 1.29 bits per heavy atom. The fraction of sp³-hybridized carbons (Fsp3) is 0.733. The molecule has 0 aliphatic heterocycles. The van der Waals surface area contributed by atoms with Gasteiger partial charge in [-0.05, 0) is 33.3 Å². The highest BCUT2D eigenvalue weighted by Gasteiger charge is 2.28. The Morgan fingerprint density at radius 2 is 1.95 bits per heavy atom. The Balaban J connectivity index is 3.07. The number of rotatable bonds is 9. The predicted molar refractivity (Wildman–Crippen MR) is 86.6 cm³/mol. The van der Waals surface area contributed by atoms with Gasteiger partial charge < -0.3 is 10.3 Å². The minimum absolute atomic E-state index is 0.0434. The molecule has 1 rings (SSSR count). The number of unbranched alkanes of at least 4 members (excludes halogenated alkanes) is 2. The van der Waals surface area contributed by atoms with Crippen molar-refractivity contribution in [3.63, 3.8) is 0 Å². The van der Waals surface area contributed by atoms with Gasteiger partial charge in [-0.25, -0.2) is 8.42 Å². The standard InChI is InChI=1S/C15H29N3O2S/c1-5-7-8-9-18(13(3)4)21(19,20)15-10-14(11-16)17(6-2)12-15/h10,12-13H,5-9,11,16H2,1-4H3. The van der Waals surface area contributed by atoms with Crippen LogP contribution in [0.1, 0.15) is 52.7 Å². The lowest BCUT2D eigenvalue weighted by atomic mass is 10.2. The Kier molecular flexibility index (Phi) is 6.90. The second-order valence-corrected chi connectivity index (χ2v) is 7.46. The number of nitrogens with zero attached hydrogens (tertiary/aromatic N) is 2. The maximum atomic E-state index is 12.8. The molecule has 0 aliphatic carbocycles. The van der Waals surface area contributed by atoms with E-state index in [-0.39, 0.29) is 6.04 Å². The molecule has 5 nitrogen and oxygen atoms in total. The number of hydrogen-bond donors (Lipinski definition) is 1. The molecule has 0 fully saturated rings. The molecule has 21 heavy (non-hydrogen) atoms. The molecule has 0 spiro atoms. The fourth-order valence-electron chi connectivity index (χ4n) is 2.44. The second kappa shape index (κ2) is 7.96. The van der Waals surface area contributed by atoms with Crippen molar-refractivity contribution in [1.82, 2.24) is 8.87 Å². The van der Waals surface area contributed by atoms with Crippen molar-refractivity contribution in [3.05, 3.63) is 18.0 Å². The molecule has 0 saturated carbocycles. The summed E-state index contributed by atoms with van der Waals surface area (Å²) in [5.74, 6) is 0. The zero-order valence-corrected chi connectivity index (χ0v) is 14.5. The molecule has 1 aromatic rings. The third-order valence-electron chi connectivity index (χ3n) is 3.68. The van der Waals surface area contributed by atoms with E-state index in [2.05, 4.69) is 6.92 Å². The van der Waals surface area contributed by atoms with Gasteiger partial charge in [0, 0.05) is 37.6 Å². The van der Waals surface area contributed by atoms with Gasteiger partial charge in [-0.15, -0.1) is 0 Å². The SMILES string of the molecule is CCCCCN(C(C)C)S(=O)(=O)c1cc(CN)n(CC)c1. The van der Waals surface area contributed by atoms with Crippen LogP contribution in [-0.2, 0) is 23.1 Å². The topological polar surface area (TPSA) is 68.3 Å². The van der Waals surface area contributed by atoms with Crippen LogP contribution in [0, 0.1) is 0 Å². The molecule has 0 atom stereocenters.